The van der Waals surface area contributed by atoms with Gasteiger partial charge in [0.1, 0.15) is 11.6 Å². The lowest BCUT2D eigenvalue weighted by molar-refractivity contribution is -0.145. The first-order chi connectivity index (χ1) is 12.8. The van der Waals surface area contributed by atoms with Gasteiger partial charge in [-0.1, -0.05) is 20.8 Å². The number of hydrogen-bond donors (Lipinski definition) is 0. The summed E-state index contributed by atoms with van der Waals surface area (Å²) in [6, 6.07) is -0.305. The Morgan fingerprint density at radius 1 is 1.22 bits per heavy atom. The maximum atomic E-state index is 13.0. The van der Waals surface area contributed by atoms with Crippen LogP contribution in [0, 0.1) is 5.92 Å². The van der Waals surface area contributed by atoms with Crippen LogP contribution in [0.2, 0.25) is 0 Å². The fraction of sp³-hybridized carbons (Fsp3) is 0.850. The zero-order chi connectivity index (χ0) is 19.6. The van der Waals surface area contributed by atoms with Crippen molar-refractivity contribution in [3.05, 3.63) is 0 Å². The quantitative estimate of drug-likeness (QED) is 0.735. The van der Waals surface area contributed by atoms with Crippen molar-refractivity contribution in [1.29, 1.82) is 0 Å². The molecule has 3 amide bonds. The molecule has 3 rings (SSSR count). The lowest BCUT2D eigenvalue weighted by Crippen LogP contribution is -2.53. The largest absolute Gasteiger partial charge is 0.441 e. The maximum absolute atomic E-state index is 13.0. The van der Waals surface area contributed by atoms with Crippen molar-refractivity contribution in [3.63, 3.8) is 0 Å². The molecule has 0 aromatic carbocycles. The Hall–Kier alpha value is -1.79. The Morgan fingerprint density at radius 3 is 2.56 bits per heavy atom. The van der Waals surface area contributed by atoms with Gasteiger partial charge in [-0.2, -0.15) is 0 Å². The number of hydrogen-bond acceptors (Lipinski definition) is 4. The zero-order valence-electron chi connectivity index (χ0n) is 16.9. The van der Waals surface area contributed by atoms with Gasteiger partial charge in [-0.05, 0) is 25.2 Å². The van der Waals surface area contributed by atoms with Crippen LogP contribution in [0.25, 0.3) is 0 Å². The van der Waals surface area contributed by atoms with E-state index in [2.05, 4.69) is 13.8 Å². The van der Waals surface area contributed by atoms with Gasteiger partial charge in [-0.3, -0.25) is 9.59 Å². The second-order valence-electron chi connectivity index (χ2n) is 8.58. The molecule has 0 saturated carbocycles. The van der Waals surface area contributed by atoms with Gasteiger partial charge in [-0.25, -0.2) is 4.79 Å². The molecule has 0 aromatic heterocycles. The minimum atomic E-state index is -0.445. The molecule has 7 nitrogen and oxygen atoms in total. The number of piperidine rings is 1. The third-order valence-electron chi connectivity index (χ3n) is 6.16. The molecule has 3 fully saturated rings. The van der Waals surface area contributed by atoms with E-state index in [0.29, 0.717) is 51.4 Å². The summed E-state index contributed by atoms with van der Waals surface area (Å²) >= 11 is 0. The number of carbonyl (C=O) groups excluding carboxylic acids is 3. The number of carbonyl (C=O) groups is 3. The number of ether oxygens (including phenoxy) is 1. The predicted molar refractivity (Wildman–Crippen MR) is 101 cm³/mol. The molecule has 0 N–H and O–H groups in total. The summed E-state index contributed by atoms with van der Waals surface area (Å²) in [6.45, 7) is 9.37. The lowest BCUT2D eigenvalue weighted by Gasteiger charge is -2.39. The molecule has 0 aromatic rings. The second kappa shape index (κ2) is 8.07. The normalized spacial score (nSPS) is 24.8. The summed E-state index contributed by atoms with van der Waals surface area (Å²) in [5.74, 6) is 0.670. The second-order valence-corrected chi connectivity index (χ2v) is 8.58. The first kappa shape index (κ1) is 20.0. The van der Waals surface area contributed by atoms with Crippen LogP contribution in [0.3, 0.4) is 0 Å². The van der Waals surface area contributed by atoms with E-state index in [9.17, 15) is 14.4 Å². The van der Waals surface area contributed by atoms with Crippen LogP contribution in [-0.4, -0.2) is 77.0 Å². The third kappa shape index (κ3) is 4.22. The van der Waals surface area contributed by atoms with Gasteiger partial charge in [-0.15, -0.1) is 0 Å². The van der Waals surface area contributed by atoms with Crippen LogP contribution in [-0.2, 0) is 14.3 Å². The molecule has 3 saturated heterocycles. The summed E-state index contributed by atoms with van der Waals surface area (Å²) in [4.78, 5) is 42.7. The number of amides is 3. The van der Waals surface area contributed by atoms with Crippen molar-refractivity contribution in [1.82, 2.24) is 14.7 Å². The zero-order valence-corrected chi connectivity index (χ0v) is 16.9. The SMILES string of the molecule is CCC(=O)N1CCCC1C(=O)N1CCC2(CC1)CN(CCC(C)C)C(=O)O2. The molecular formula is C20H33N3O4. The van der Waals surface area contributed by atoms with Crippen molar-refractivity contribution in [2.75, 3.05) is 32.7 Å². The van der Waals surface area contributed by atoms with Crippen LogP contribution >= 0.6 is 0 Å². The molecule has 1 unspecified atom stereocenters. The average molecular weight is 380 g/mol. The van der Waals surface area contributed by atoms with Crippen LogP contribution in [0.15, 0.2) is 0 Å². The average Bonchev–Trinajstić information content (AvgIpc) is 3.24. The summed E-state index contributed by atoms with van der Waals surface area (Å²) in [6.07, 6.45) is 4.19. The summed E-state index contributed by atoms with van der Waals surface area (Å²) < 4.78 is 5.75. The van der Waals surface area contributed by atoms with Crippen molar-refractivity contribution >= 4 is 17.9 Å². The Morgan fingerprint density at radius 2 is 1.93 bits per heavy atom. The monoisotopic (exact) mass is 379 g/mol. The standard InChI is InChI=1S/C20H33N3O4/c1-4-17(24)23-10-5-6-16(23)18(25)21-12-8-20(9-13-21)14-22(19(26)27-20)11-7-15(2)3/h15-16H,4-14H2,1-3H3. The van der Waals surface area contributed by atoms with Gasteiger partial charge in [0.2, 0.25) is 11.8 Å². The van der Waals surface area contributed by atoms with Crippen molar-refractivity contribution in [2.45, 2.75) is 70.9 Å². The highest BCUT2D eigenvalue weighted by atomic mass is 16.6. The Kier molecular flexibility index (Phi) is 5.96. The molecule has 0 bridgehead atoms. The first-order valence-corrected chi connectivity index (χ1v) is 10.4. The molecule has 7 heteroatoms. The van der Waals surface area contributed by atoms with E-state index in [4.69, 9.17) is 4.74 Å². The molecule has 3 aliphatic rings. The Labute approximate surface area is 162 Å². The third-order valence-corrected chi connectivity index (χ3v) is 6.16. The highest BCUT2D eigenvalue weighted by Gasteiger charge is 2.48. The molecule has 27 heavy (non-hydrogen) atoms. The van der Waals surface area contributed by atoms with E-state index in [1.165, 1.54) is 0 Å². The number of nitrogens with zero attached hydrogens (tertiary/aromatic N) is 3. The van der Waals surface area contributed by atoms with Crippen LogP contribution < -0.4 is 0 Å². The minimum absolute atomic E-state index is 0.0600. The van der Waals surface area contributed by atoms with E-state index >= 15 is 0 Å². The Bertz CT molecular complexity index is 584. The predicted octanol–water partition coefficient (Wildman–Crippen LogP) is 2.25. The Balaban J connectivity index is 1.55. The van der Waals surface area contributed by atoms with Gasteiger partial charge < -0.3 is 19.4 Å². The highest BCUT2D eigenvalue weighted by Crippen LogP contribution is 2.34. The molecular weight excluding hydrogens is 346 g/mol. The lowest BCUT2D eigenvalue weighted by atomic mass is 9.90. The van der Waals surface area contributed by atoms with Crippen molar-refractivity contribution in [3.8, 4) is 0 Å². The van der Waals surface area contributed by atoms with Crippen molar-refractivity contribution < 1.29 is 19.1 Å². The van der Waals surface area contributed by atoms with Gasteiger partial charge in [0.05, 0.1) is 6.54 Å². The van der Waals surface area contributed by atoms with E-state index in [-0.39, 0.29) is 23.9 Å². The summed E-state index contributed by atoms with van der Waals surface area (Å²) in [5.41, 5.74) is -0.445. The highest BCUT2D eigenvalue weighted by molar-refractivity contribution is 5.88. The minimum Gasteiger partial charge on any atom is -0.441 e. The van der Waals surface area contributed by atoms with Gasteiger partial charge in [0.25, 0.3) is 0 Å². The van der Waals surface area contributed by atoms with Gasteiger partial charge in [0, 0.05) is 45.4 Å². The van der Waals surface area contributed by atoms with Crippen molar-refractivity contribution in [2.24, 2.45) is 5.92 Å². The molecule has 3 aliphatic heterocycles. The maximum Gasteiger partial charge on any atom is 0.410 e. The molecule has 3 heterocycles. The summed E-state index contributed by atoms with van der Waals surface area (Å²) in [7, 11) is 0. The van der Waals surface area contributed by atoms with E-state index in [1.54, 1.807) is 4.90 Å². The van der Waals surface area contributed by atoms with E-state index in [0.717, 1.165) is 25.8 Å². The topological polar surface area (TPSA) is 70.2 Å². The number of likely N-dealkylation sites (tertiary alicyclic amines) is 2. The molecule has 1 atom stereocenters. The van der Waals surface area contributed by atoms with Gasteiger partial charge in [0.15, 0.2) is 0 Å². The molecule has 1 spiro atoms. The van der Waals surface area contributed by atoms with Crippen LogP contribution in [0.5, 0.6) is 0 Å². The number of rotatable bonds is 5. The van der Waals surface area contributed by atoms with Crippen LogP contribution in [0.1, 0.15) is 59.3 Å². The summed E-state index contributed by atoms with van der Waals surface area (Å²) in [5, 5.41) is 0. The van der Waals surface area contributed by atoms with Gasteiger partial charge >= 0.3 is 6.09 Å². The molecule has 152 valence electrons. The molecule has 0 aliphatic carbocycles. The van der Waals surface area contributed by atoms with E-state index in [1.807, 2.05) is 16.7 Å². The first-order valence-electron chi connectivity index (χ1n) is 10.4. The fourth-order valence-electron chi connectivity index (χ4n) is 4.41. The smallest absolute Gasteiger partial charge is 0.410 e. The molecule has 0 radical (unpaired) electrons. The fourth-order valence-corrected chi connectivity index (χ4v) is 4.41. The van der Waals surface area contributed by atoms with E-state index < -0.39 is 5.60 Å². The van der Waals surface area contributed by atoms with Crippen LogP contribution in [0.4, 0.5) is 4.79 Å².